The molecule has 0 bridgehead atoms. The van der Waals surface area contributed by atoms with Crippen LogP contribution >= 0.6 is 0 Å². The number of rotatable bonds is 3. The van der Waals surface area contributed by atoms with Gasteiger partial charge in [0.25, 0.3) is 0 Å². The number of anilines is 1. The van der Waals surface area contributed by atoms with Crippen LogP contribution in [0.15, 0.2) is 66.4 Å². The highest BCUT2D eigenvalue weighted by Gasteiger charge is 2.12. The highest BCUT2D eigenvalue weighted by atomic mass is 14.9. The number of benzene rings is 1. The van der Waals surface area contributed by atoms with E-state index in [0.29, 0.717) is 0 Å². The molecule has 1 aromatic rings. The zero-order valence-electron chi connectivity index (χ0n) is 11.5. The molecule has 0 spiro atoms. The molecule has 1 unspecified atom stereocenters. The van der Waals surface area contributed by atoms with Gasteiger partial charge in [0, 0.05) is 16.9 Å². The van der Waals surface area contributed by atoms with E-state index >= 15 is 0 Å². The molecule has 3 rings (SSSR count). The van der Waals surface area contributed by atoms with Crippen molar-refractivity contribution in [2.45, 2.75) is 25.1 Å². The average Bonchev–Trinajstić information content (AvgIpc) is 2.49. The normalized spacial score (nSPS) is 21.3. The molecule has 1 atom stereocenters. The minimum atomic E-state index is 0.125. The van der Waals surface area contributed by atoms with Crippen LogP contribution in [0.25, 0.3) is 5.57 Å². The standard InChI is InChI=1S/C18H18BN/c19-15-8-6-7-14(13-15)17-11-4-5-12-18(17)20-16-9-2-1-3-10-16/h1-2,4-9,11-12,15,20H,3,10,13H2. The molecule has 2 radical (unpaired) electrons. The third-order valence-corrected chi connectivity index (χ3v) is 3.69. The Morgan fingerprint density at radius 2 is 2.00 bits per heavy atom. The van der Waals surface area contributed by atoms with Crippen LogP contribution in [0.4, 0.5) is 5.69 Å². The van der Waals surface area contributed by atoms with E-state index in [9.17, 15) is 0 Å². The number of hydrogen-bond donors (Lipinski definition) is 1. The van der Waals surface area contributed by atoms with Crippen LogP contribution in [0, 0.1) is 0 Å². The van der Waals surface area contributed by atoms with E-state index in [0.717, 1.165) is 19.3 Å². The van der Waals surface area contributed by atoms with E-state index in [2.05, 4.69) is 60.0 Å². The summed E-state index contributed by atoms with van der Waals surface area (Å²) in [7, 11) is 6.03. The maximum absolute atomic E-state index is 6.03. The highest BCUT2D eigenvalue weighted by molar-refractivity contribution is 6.14. The second-order valence-corrected chi connectivity index (χ2v) is 5.27. The van der Waals surface area contributed by atoms with Gasteiger partial charge in [-0.15, -0.1) is 0 Å². The predicted molar refractivity (Wildman–Crippen MR) is 87.8 cm³/mol. The molecule has 2 heteroatoms. The zero-order valence-corrected chi connectivity index (χ0v) is 11.5. The Morgan fingerprint density at radius 1 is 1.10 bits per heavy atom. The molecule has 0 aromatic heterocycles. The third-order valence-electron chi connectivity index (χ3n) is 3.69. The molecule has 98 valence electrons. The summed E-state index contributed by atoms with van der Waals surface area (Å²) in [6.07, 6.45) is 15.8. The van der Waals surface area contributed by atoms with Crippen LogP contribution in [0.2, 0.25) is 5.82 Å². The topological polar surface area (TPSA) is 12.0 Å². The molecular formula is C18H18BN. The Morgan fingerprint density at radius 3 is 2.80 bits per heavy atom. The first-order valence-electron chi connectivity index (χ1n) is 7.18. The quantitative estimate of drug-likeness (QED) is 0.780. The number of allylic oxidation sites excluding steroid dienone is 8. The first-order valence-corrected chi connectivity index (χ1v) is 7.18. The molecule has 2 aliphatic rings. The molecule has 0 amide bonds. The van der Waals surface area contributed by atoms with Gasteiger partial charge >= 0.3 is 0 Å². The van der Waals surface area contributed by atoms with Crippen molar-refractivity contribution < 1.29 is 0 Å². The van der Waals surface area contributed by atoms with Crippen molar-refractivity contribution in [1.82, 2.24) is 0 Å². The maximum atomic E-state index is 6.03. The van der Waals surface area contributed by atoms with Crippen molar-refractivity contribution in [3.05, 3.63) is 72.0 Å². The molecule has 0 heterocycles. The largest absolute Gasteiger partial charge is 0.358 e. The minimum absolute atomic E-state index is 0.125. The van der Waals surface area contributed by atoms with Crippen LogP contribution < -0.4 is 5.32 Å². The van der Waals surface area contributed by atoms with Crippen molar-refractivity contribution in [2.75, 3.05) is 5.32 Å². The Balaban J connectivity index is 1.88. The molecule has 0 fully saturated rings. The fourth-order valence-corrected chi connectivity index (χ4v) is 2.66. The number of hydrogen-bond acceptors (Lipinski definition) is 1. The Bertz CT molecular complexity index is 608. The zero-order chi connectivity index (χ0) is 13.8. The summed E-state index contributed by atoms with van der Waals surface area (Å²) in [6.45, 7) is 0. The van der Waals surface area contributed by atoms with E-state index < -0.39 is 0 Å². The lowest BCUT2D eigenvalue weighted by Gasteiger charge is -2.20. The van der Waals surface area contributed by atoms with Crippen LogP contribution in [-0.2, 0) is 0 Å². The number of nitrogens with one attached hydrogen (secondary N) is 1. The van der Waals surface area contributed by atoms with Gasteiger partial charge in [0.1, 0.15) is 0 Å². The second kappa shape index (κ2) is 6.00. The van der Waals surface area contributed by atoms with Gasteiger partial charge < -0.3 is 5.32 Å². The van der Waals surface area contributed by atoms with Crippen LogP contribution in [0.5, 0.6) is 0 Å². The molecule has 20 heavy (non-hydrogen) atoms. The van der Waals surface area contributed by atoms with E-state index in [1.165, 1.54) is 22.5 Å². The van der Waals surface area contributed by atoms with Gasteiger partial charge in [-0.3, -0.25) is 0 Å². The lowest BCUT2D eigenvalue weighted by molar-refractivity contribution is 0.965. The maximum Gasteiger partial charge on any atom is 0.0759 e. The molecule has 1 nitrogen and oxygen atoms in total. The van der Waals surface area contributed by atoms with Crippen molar-refractivity contribution in [2.24, 2.45) is 0 Å². The lowest BCUT2D eigenvalue weighted by Crippen LogP contribution is -2.05. The van der Waals surface area contributed by atoms with Crippen molar-refractivity contribution in [3.8, 4) is 0 Å². The summed E-state index contributed by atoms with van der Waals surface area (Å²) in [6, 6.07) is 8.46. The SMILES string of the molecule is [B]C1C=CC=C(c2ccccc2NC2=CC=CCC2)C1. The first kappa shape index (κ1) is 13.0. The minimum Gasteiger partial charge on any atom is -0.358 e. The molecular weight excluding hydrogens is 241 g/mol. The Hall–Kier alpha value is -1.96. The van der Waals surface area contributed by atoms with Gasteiger partial charge in [-0.05, 0) is 37.0 Å². The van der Waals surface area contributed by atoms with Gasteiger partial charge in [-0.1, -0.05) is 54.4 Å². The third kappa shape index (κ3) is 2.96. The summed E-state index contributed by atoms with van der Waals surface area (Å²) < 4.78 is 0. The van der Waals surface area contributed by atoms with Gasteiger partial charge in [-0.25, -0.2) is 0 Å². The molecule has 0 saturated carbocycles. The van der Waals surface area contributed by atoms with Crippen LogP contribution in [0.3, 0.4) is 0 Å². The monoisotopic (exact) mass is 259 g/mol. The van der Waals surface area contributed by atoms with Crippen molar-refractivity contribution in [3.63, 3.8) is 0 Å². The summed E-state index contributed by atoms with van der Waals surface area (Å²) in [4.78, 5) is 0. The smallest absolute Gasteiger partial charge is 0.0759 e. The van der Waals surface area contributed by atoms with E-state index in [1.54, 1.807) is 0 Å². The summed E-state index contributed by atoms with van der Waals surface area (Å²) >= 11 is 0. The highest BCUT2D eigenvalue weighted by Crippen LogP contribution is 2.33. The molecule has 0 saturated heterocycles. The number of para-hydroxylation sites is 1. The predicted octanol–water partition coefficient (Wildman–Crippen LogP) is 4.63. The molecule has 1 aromatic carbocycles. The van der Waals surface area contributed by atoms with Gasteiger partial charge in [0.2, 0.25) is 0 Å². The summed E-state index contributed by atoms with van der Waals surface area (Å²) in [5.74, 6) is 0.125. The second-order valence-electron chi connectivity index (χ2n) is 5.27. The van der Waals surface area contributed by atoms with Crippen molar-refractivity contribution in [1.29, 1.82) is 0 Å². The lowest BCUT2D eigenvalue weighted by atomic mass is 9.77. The van der Waals surface area contributed by atoms with Crippen LogP contribution in [0.1, 0.15) is 24.8 Å². The molecule has 2 aliphatic carbocycles. The molecule has 0 aliphatic heterocycles. The first-order chi connectivity index (χ1) is 9.83. The summed E-state index contributed by atoms with van der Waals surface area (Å²) in [5.41, 5.74) is 5.00. The van der Waals surface area contributed by atoms with E-state index in [4.69, 9.17) is 7.85 Å². The van der Waals surface area contributed by atoms with Gasteiger partial charge in [0.05, 0.1) is 7.85 Å². The summed E-state index contributed by atoms with van der Waals surface area (Å²) in [5, 5.41) is 3.57. The van der Waals surface area contributed by atoms with E-state index in [-0.39, 0.29) is 5.82 Å². The van der Waals surface area contributed by atoms with E-state index in [1.807, 2.05) is 6.08 Å². The Kier molecular flexibility index (Phi) is 3.91. The average molecular weight is 259 g/mol. The fourth-order valence-electron chi connectivity index (χ4n) is 2.66. The van der Waals surface area contributed by atoms with Gasteiger partial charge in [-0.2, -0.15) is 0 Å². The molecule has 1 N–H and O–H groups in total. The fraction of sp³-hybridized carbons (Fsp3) is 0.222. The Labute approximate surface area is 122 Å². The van der Waals surface area contributed by atoms with Gasteiger partial charge in [0.15, 0.2) is 0 Å². The van der Waals surface area contributed by atoms with Crippen molar-refractivity contribution >= 4 is 19.1 Å². The van der Waals surface area contributed by atoms with Crippen LogP contribution in [-0.4, -0.2) is 7.85 Å².